The Hall–Kier alpha value is -2.94. The van der Waals surface area contributed by atoms with Crippen molar-refractivity contribution in [1.82, 2.24) is 14.3 Å². The summed E-state index contributed by atoms with van der Waals surface area (Å²) in [6, 6.07) is 8.84. The minimum absolute atomic E-state index is 0.118. The first-order chi connectivity index (χ1) is 12.5. The summed E-state index contributed by atoms with van der Waals surface area (Å²) in [5.74, 6) is 1.32. The molecule has 4 rings (SSSR count). The van der Waals surface area contributed by atoms with E-state index in [1.807, 2.05) is 23.7 Å². The predicted molar refractivity (Wildman–Crippen MR) is 98.5 cm³/mol. The van der Waals surface area contributed by atoms with Crippen molar-refractivity contribution in [3.8, 4) is 11.6 Å². The van der Waals surface area contributed by atoms with Crippen LogP contribution in [0.15, 0.2) is 41.0 Å². The number of anilines is 1. The van der Waals surface area contributed by atoms with E-state index in [1.54, 1.807) is 23.1 Å². The Morgan fingerprint density at radius 2 is 2.23 bits per heavy atom. The third-order valence-corrected chi connectivity index (χ3v) is 5.18. The number of rotatable bonds is 4. The molecule has 1 aromatic carbocycles. The molecule has 0 saturated carbocycles. The summed E-state index contributed by atoms with van der Waals surface area (Å²) < 4.78 is 9.57. The van der Waals surface area contributed by atoms with Crippen LogP contribution in [0.4, 0.5) is 11.4 Å². The molecule has 134 valence electrons. The number of hydrogen-bond donors (Lipinski definition) is 0. The van der Waals surface area contributed by atoms with E-state index < -0.39 is 0 Å². The van der Waals surface area contributed by atoms with Gasteiger partial charge in [-0.25, -0.2) is 4.68 Å². The molecular formula is C17H17N5O3S. The summed E-state index contributed by atoms with van der Waals surface area (Å²) in [7, 11) is 1.86. The average Bonchev–Trinajstić information content (AvgIpc) is 3.30. The second-order valence-corrected chi connectivity index (χ2v) is 6.74. The van der Waals surface area contributed by atoms with E-state index >= 15 is 0 Å². The van der Waals surface area contributed by atoms with Crippen LogP contribution in [0.1, 0.15) is 12.5 Å². The van der Waals surface area contributed by atoms with Crippen LogP contribution in [0.5, 0.6) is 0 Å². The molecule has 0 bridgehead atoms. The molecule has 0 aliphatic carbocycles. The second-order valence-electron chi connectivity index (χ2n) is 6.38. The topological polar surface area (TPSA) is 82.3 Å². The number of fused-ring (bicyclic) bond motifs is 1. The third-order valence-electron chi connectivity index (χ3n) is 4.70. The van der Waals surface area contributed by atoms with Crippen LogP contribution in [0.2, 0.25) is 0 Å². The van der Waals surface area contributed by atoms with Gasteiger partial charge in [0.05, 0.1) is 11.2 Å². The van der Waals surface area contributed by atoms with Gasteiger partial charge in [0.1, 0.15) is 6.67 Å². The normalized spacial score (nSPS) is 16.1. The average molecular weight is 371 g/mol. The molecule has 1 aliphatic heterocycles. The molecule has 0 saturated heterocycles. The van der Waals surface area contributed by atoms with Gasteiger partial charge in [0.2, 0.25) is 0 Å². The van der Waals surface area contributed by atoms with Gasteiger partial charge in [-0.15, -0.1) is 5.10 Å². The summed E-state index contributed by atoms with van der Waals surface area (Å²) in [6.07, 6.45) is 2.35. The fourth-order valence-corrected chi connectivity index (χ4v) is 3.54. The number of nitro groups is 1. The van der Waals surface area contributed by atoms with E-state index in [9.17, 15) is 10.1 Å². The Labute approximate surface area is 154 Å². The summed E-state index contributed by atoms with van der Waals surface area (Å²) in [5, 5.41) is 15.6. The van der Waals surface area contributed by atoms with Crippen molar-refractivity contribution in [2.75, 3.05) is 4.90 Å². The highest BCUT2D eigenvalue weighted by Crippen LogP contribution is 2.35. The van der Waals surface area contributed by atoms with E-state index in [2.05, 4.69) is 16.9 Å². The van der Waals surface area contributed by atoms with Crippen LogP contribution in [0, 0.1) is 14.9 Å². The van der Waals surface area contributed by atoms with Gasteiger partial charge in [-0.05, 0) is 49.3 Å². The lowest BCUT2D eigenvalue weighted by atomic mass is 10.1. The van der Waals surface area contributed by atoms with Gasteiger partial charge in [0.15, 0.2) is 16.4 Å². The van der Waals surface area contributed by atoms with Crippen LogP contribution in [0.3, 0.4) is 0 Å². The van der Waals surface area contributed by atoms with Crippen LogP contribution in [-0.4, -0.2) is 25.3 Å². The molecule has 8 nitrogen and oxygen atoms in total. The molecule has 0 radical (unpaired) electrons. The zero-order valence-electron chi connectivity index (χ0n) is 14.3. The van der Waals surface area contributed by atoms with Crippen LogP contribution >= 0.6 is 12.2 Å². The Morgan fingerprint density at radius 1 is 1.42 bits per heavy atom. The standard InChI is InChI=1S/C17H17N5O3S/c1-11-8-12-9-13(22(23)24)5-6-14(12)20(11)10-21-17(26)19(2)16(18-21)15-4-3-7-25-15/h3-7,9,11H,8,10H2,1-2H3/t11-/m1/s1. The van der Waals surface area contributed by atoms with Crippen molar-refractivity contribution in [1.29, 1.82) is 0 Å². The van der Waals surface area contributed by atoms with E-state index in [0.717, 1.165) is 17.7 Å². The maximum absolute atomic E-state index is 11.0. The number of nitrogens with zero attached hydrogens (tertiary/aromatic N) is 5. The Kier molecular flexibility index (Phi) is 3.87. The van der Waals surface area contributed by atoms with E-state index in [-0.39, 0.29) is 16.7 Å². The second kappa shape index (κ2) is 6.10. The van der Waals surface area contributed by atoms with Gasteiger partial charge in [0.25, 0.3) is 5.69 Å². The van der Waals surface area contributed by atoms with Crippen molar-refractivity contribution in [2.45, 2.75) is 26.1 Å². The molecule has 3 heterocycles. The maximum Gasteiger partial charge on any atom is 0.269 e. The number of furan rings is 1. The van der Waals surface area contributed by atoms with Crippen molar-refractivity contribution in [3.05, 3.63) is 57.0 Å². The van der Waals surface area contributed by atoms with Crippen molar-refractivity contribution in [2.24, 2.45) is 7.05 Å². The van der Waals surface area contributed by atoms with E-state index in [1.165, 1.54) is 6.07 Å². The SMILES string of the molecule is C[C@@H]1Cc2cc([N+](=O)[O-])ccc2N1Cn1nc(-c2ccco2)n(C)c1=S. The predicted octanol–water partition coefficient (Wildman–Crippen LogP) is 3.53. The maximum atomic E-state index is 11.0. The molecule has 0 unspecified atom stereocenters. The van der Waals surface area contributed by atoms with Gasteiger partial charge < -0.3 is 13.9 Å². The number of nitro benzene ring substituents is 1. The van der Waals surface area contributed by atoms with Gasteiger partial charge in [0, 0.05) is 30.9 Å². The largest absolute Gasteiger partial charge is 0.461 e. The van der Waals surface area contributed by atoms with Gasteiger partial charge in [-0.2, -0.15) is 0 Å². The zero-order chi connectivity index (χ0) is 18.4. The fourth-order valence-electron chi connectivity index (χ4n) is 3.36. The molecular weight excluding hydrogens is 354 g/mol. The summed E-state index contributed by atoms with van der Waals surface area (Å²) in [5.41, 5.74) is 2.07. The molecule has 3 aromatic rings. The van der Waals surface area contributed by atoms with Crippen molar-refractivity contribution < 1.29 is 9.34 Å². The molecule has 0 spiro atoms. The first-order valence-electron chi connectivity index (χ1n) is 8.17. The van der Waals surface area contributed by atoms with Crippen molar-refractivity contribution in [3.63, 3.8) is 0 Å². The van der Waals surface area contributed by atoms with Gasteiger partial charge >= 0.3 is 0 Å². The molecule has 2 aromatic heterocycles. The summed E-state index contributed by atoms with van der Waals surface area (Å²) in [4.78, 5) is 12.8. The zero-order valence-corrected chi connectivity index (χ0v) is 15.1. The third kappa shape index (κ3) is 2.60. The van der Waals surface area contributed by atoms with Gasteiger partial charge in [-0.1, -0.05) is 0 Å². The molecule has 1 aliphatic rings. The lowest BCUT2D eigenvalue weighted by Gasteiger charge is -2.24. The molecule has 9 heteroatoms. The van der Waals surface area contributed by atoms with E-state index in [4.69, 9.17) is 16.6 Å². The molecule has 1 atom stereocenters. The summed E-state index contributed by atoms with van der Waals surface area (Å²) in [6.45, 7) is 2.56. The monoisotopic (exact) mass is 371 g/mol. The Bertz CT molecular complexity index is 1040. The first-order valence-corrected chi connectivity index (χ1v) is 8.58. The highest BCUT2D eigenvalue weighted by atomic mass is 32.1. The van der Waals surface area contributed by atoms with Crippen LogP contribution < -0.4 is 4.90 Å². The minimum Gasteiger partial charge on any atom is -0.461 e. The fraction of sp³-hybridized carbons (Fsp3) is 0.294. The lowest BCUT2D eigenvalue weighted by molar-refractivity contribution is -0.384. The molecule has 26 heavy (non-hydrogen) atoms. The Morgan fingerprint density at radius 3 is 2.92 bits per heavy atom. The number of aromatic nitrogens is 3. The number of benzene rings is 1. The quantitative estimate of drug-likeness (QED) is 0.396. The molecule has 0 amide bonds. The molecule has 0 N–H and O–H groups in total. The van der Waals surface area contributed by atoms with E-state index in [0.29, 0.717) is 23.0 Å². The lowest BCUT2D eigenvalue weighted by Crippen LogP contribution is -2.32. The first kappa shape index (κ1) is 16.5. The highest BCUT2D eigenvalue weighted by Gasteiger charge is 2.28. The minimum atomic E-state index is -0.363. The van der Waals surface area contributed by atoms with Crippen LogP contribution in [-0.2, 0) is 20.1 Å². The number of hydrogen-bond acceptors (Lipinski definition) is 6. The summed E-state index contributed by atoms with van der Waals surface area (Å²) >= 11 is 5.52. The smallest absolute Gasteiger partial charge is 0.269 e. The number of non-ortho nitro benzene ring substituents is 1. The Balaban J connectivity index is 1.68. The van der Waals surface area contributed by atoms with Crippen molar-refractivity contribution >= 4 is 23.6 Å². The molecule has 0 fully saturated rings. The van der Waals surface area contributed by atoms with Crippen LogP contribution in [0.25, 0.3) is 11.6 Å². The van der Waals surface area contributed by atoms with Gasteiger partial charge in [-0.3, -0.25) is 10.1 Å². The highest BCUT2D eigenvalue weighted by molar-refractivity contribution is 7.71.